The molecule has 7 fully saturated rings. The minimum atomic E-state index is -3.61. The third-order valence-corrected chi connectivity index (χ3v) is 16.0. The van der Waals surface area contributed by atoms with Crippen molar-refractivity contribution >= 4 is 32.6 Å². The number of hydrogen-bond acceptors (Lipinski definition) is 12. The van der Waals surface area contributed by atoms with Crippen LogP contribution in [0.4, 0.5) is 16.0 Å². The average Bonchev–Trinajstić information content (AvgIpc) is 4.22. The minimum absolute atomic E-state index is 0.125. The van der Waals surface area contributed by atoms with Crippen molar-refractivity contribution in [1.29, 1.82) is 0 Å². The molecule has 0 atom stereocenters. The van der Waals surface area contributed by atoms with Gasteiger partial charge in [0.25, 0.3) is 0 Å². The summed E-state index contributed by atoms with van der Waals surface area (Å²) in [7, 11) is -2.19. The smallest absolute Gasteiger partial charge is 0.238 e. The highest BCUT2D eigenvalue weighted by Crippen LogP contribution is 2.35. The summed E-state index contributed by atoms with van der Waals surface area (Å²) in [6.45, 7) is 23.3. The summed E-state index contributed by atoms with van der Waals surface area (Å²) < 4.78 is 52.7. The van der Waals surface area contributed by atoms with Gasteiger partial charge in [-0.1, -0.05) is 33.1 Å². The first-order chi connectivity index (χ1) is 33.1. The number of likely N-dealkylation sites (tertiary alicyclic amines) is 5. The lowest BCUT2D eigenvalue weighted by Crippen LogP contribution is -3.13. The van der Waals surface area contributed by atoms with Crippen LogP contribution < -0.4 is 19.3 Å². The molecule has 7 aliphatic rings. The number of sulfonamides is 1. The first-order valence-corrected chi connectivity index (χ1v) is 28.7. The molecule has 2 N–H and O–H groups in total. The molecular weight excluding hydrogens is 880 g/mol. The molecule has 3 aromatic rings. The van der Waals surface area contributed by atoms with Gasteiger partial charge in [-0.15, -0.1) is 0 Å². The Labute approximate surface area is 408 Å². The molecule has 10 rings (SSSR count). The van der Waals surface area contributed by atoms with Gasteiger partial charge in [-0.2, -0.15) is 0 Å². The number of pyridine rings is 1. The van der Waals surface area contributed by atoms with E-state index in [-0.39, 0.29) is 17.4 Å². The third-order valence-electron chi connectivity index (χ3n) is 15.4. The number of fused-ring (bicyclic) bond motifs is 1. The summed E-state index contributed by atoms with van der Waals surface area (Å²) in [4.78, 5) is 28.5. The van der Waals surface area contributed by atoms with E-state index >= 15 is 4.39 Å². The normalized spacial score (nSPS) is 23.9. The maximum atomic E-state index is 15.3. The predicted molar refractivity (Wildman–Crippen MR) is 274 cm³/mol. The van der Waals surface area contributed by atoms with Crippen LogP contribution in [0.3, 0.4) is 0 Å². The summed E-state index contributed by atoms with van der Waals surface area (Å²) >= 11 is 0. The Hall–Kier alpha value is -3.25. The maximum absolute atomic E-state index is 15.3. The molecule has 6 saturated heterocycles. The van der Waals surface area contributed by atoms with Crippen LogP contribution in [-0.4, -0.2) is 173 Å². The molecule has 0 radical (unpaired) electrons. The van der Waals surface area contributed by atoms with E-state index in [1.807, 2.05) is 18.7 Å². The highest BCUT2D eigenvalue weighted by Gasteiger charge is 2.30. The standard InChI is InChI=1S/C29H38FN7O4S.C11H22N2.C10H19N.C2H6/c1-40-28-25(34-42(2,38)39)16-20(18-31-28)26-24-17-22(30)15-21(27(24)33-29(32-26)37-11-13-41-14-12-37)19-35-9-5-23(6-10-35)36-7-3-4-8-36;1-2-12-9-5-11(6-10-12)13-7-3-4-8-13;1-2-6-10(7-3-1)11-8-4-5-9-11;1-2/h15-18,23,34H,3-14,19H2,1-2H3;11H,2-10H2,1H3;10H,1-9H2;1-2H3/p+1. The number of benzene rings is 1. The second kappa shape index (κ2) is 26.3. The van der Waals surface area contributed by atoms with Crippen molar-refractivity contribution in [3.63, 3.8) is 0 Å². The topological polar surface area (TPSA) is 124 Å². The molecule has 8 heterocycles. The van der Waals surface area contributed by atoms with E-state index in [1.165, 1.54) is 156 Å². The molecule has 1 saturated carbocycles. The fourth-order valence-electron chi connectivity index (χ4n) is 11.7. The van der Waals surface area contributed by atoms with Gasteiger partial charge in [-0.05, 0) is 147 Å². The Bertz CT molecular complexity index is 2090. The van der Waals surface area contributed by atoms with Crippen LogP contribution in [0.15, 0.2) is 24.4 Å². The van der Waals surface area contributed by atoms with Gasteiger partial charge in [-0.3, -0.25) is 14.5 Å². The number of nitrogens with zero attached hydrogens (tertiary/aromatic N) is 8. The van der Waals surface area contributed by atoms with Crippen molar-refractivity contribution in [3.8, 4) is 17.1 Å². The second-order valence-electron chi connectivity index (χ2n) is 20.0. The summed E-state index contributed by atoms with van der Waals surface area (Å²) in [5, 5.41) is 0.547. The quantitative estimate of drug-likeness (QED) is 0.213. The van der Waals surface area contributed by atoms with Crippen molar-refractivity contribution in [3.05, 3.63) is 35.8 Å². The molecule has 0 spiro atoms. The zero-order chi connectivity index (χ0) is 47.9. The van der Waals surface area contributed by atoms with Crippen LogP contribution >= 0.6 is 0 Å². The van der Waals surface area contributed by atoms with Gasteiger partial charge in [0.15, 0.2) is 0 Å². The second-order valence-corrected chi connectivity index (χ2v) is 21.7. The number of halogens is 1. The van der Waals surface area contributed by atoms with E-state index in [4.69, 9.17) is 19.4 Å². The number of quaternary nitrogens is 1. The molecule has 0 unspecified atom stereocenters. The highest BCUT2D eigenvalue weighted by molar-refractivity contribution is 7.92. The molecule has 2 aromatic heterocycles. The van der Waals surface area contributed by atoms with Crippen LogP contribution in [-0.2, 0) is 21.3 Å². The summed E-state index contributed by atoms with van der Waals surface area (Å²) in [6.07, 6.45) is 23.6. The molecule has 68 heavy (non-hydrogen) atoms. The first kappa shape index (κ1) is 52.6. The third kappa shape index (κ3) is 14.7. The predicted octanol–water partition coefficient (Wildman–Crippen LogP) is 6.70. The highest BCUT2D eigenvalue weighted by atomic mass is 32.2. The van der Waals surface area contributed by atoms with Gasteiger partial charge in [-0.25, -0.2) is 27.8 Å². The maximum Gasteiger partial charge on any atom is 0.238 e. The van der Waals surface area contributed by atoms with Crippen LogP contribution in [0.5, 0.6) is 5.88 Å². The molecule has 1 aromatic carbocycles. The summed E-state index contributed by atoms with van der Waals surface area (Å²) in [5.41, 5.74) is 2.65. The van der Waals surface area contributed by atoms with Gasteiger partial charge in [0.2, 0.25) is 21.9 Å². The fourth-order valence-corrected chi connectivity index (χ4v) is 12.2. The Balaban J connectivity index is 0.000000212. The number of morpholine rings is 1. The molecule has 14 nitrogen and oxygen atoms in total. The van der Waals surface area contributed by atoms with E-state index in [0.29, 0.717) is 67.0 Å². The Kier molecular flexibility index (Phi) is 20.3. The van der Waals surface area contributed by atoms with Crippen LogP contribution in [0.2, 0.25) is 0 Å². The SMILES string of the molecule is C1CCC(N2CCCC2)CC1.CC.CC[NH+]1CCC(N2CCCC2)CC1.COc1ncc(-c2nc(N3CCOCC3)nc3c(CN4CCC(N5CCCC5)CC4)cc(F)cc23)cc1NS(C)(=O)=O. The van der Waals surface area contributed by atoms with E-state index in [1.54, 1.807) is 18.3 Å². The zero-order valence-electron chi connectivity index (χ0n) is 42.5. The molecule has 380 valence electrons. The number of nitrogens with one attached hydrogen (secondary N) is 2. The largest absolute Gasteiger partial charge is 0.480 e. The average molecular weight is 966 g/mol. The van der Waals surface area contributed by atoms with Crippen molar-refractivity contribution in [2.75, 3.05) is 121 Å². The van der Waals surface area contributed by atoms with Gasteiger partial charge in [0, 0.05) is 67.7 Å². The van der Waals surface area contributed by atoms with E-state index in [2.05, 4.69) is 41.1 Å². The van der Waals surface area contributed by atoms with E-state index < -0.39 is 10.0 Å². The Morgan fingerprint density at radius 3 is 1.84 bits per heavy atom. The molecule has 6 aliphatic heterocycles. The number of aromatic nitrogens is 3. The monoisotopic (exact) mass is 966 g/mol. The number of ether oxygens (including phenoxy) is 2. The number of anilines is 2. The molecule has 1 aliphatic carbocycles. The number of piperidine rings is 2. The molecule has 0 bridgehead atoms. The lowest BCUT2D eigenvalue weighted by atomic mass is 9.94. The van der Waals surface area contributed by atoms with Crippen LogP contribution in [0.25, 0.3) is 22.2 Å². The fraction of sp³-hybridized carbons (Fsp3) is 0.750. The van der Waals surface area contributed by atoms with Gasteiger partial charge >= 0.3 is 0 Å². The molecule has 16 heteroatoms. The summed E-state index contributed by atoms with van der Waals surface area (Å²) in [6, 6.07) is 7.20. The van der Waals surface area contributed by atoms with Crippen molar-refractivity contribution in [1.82, 2.24) is 34.6 Å². The van der Waals surface area contributed by atoms with Gasteiger partial charge in [0.1, 0.15) is 11.5 Å². The van der Waals surface area contributed by atoms with Gasteiger partial charge in [0.05, 0.1) is 57.4 Å². The van der Waals surface area contributed by atoms with E-state index in [0.717, 1.165) is 49.8 Å². The summed E-state index contributed by atoms with van der Waals surface area (Å²) in [5.74, 6) is 0.277. The zero-order valence-corrected chi connectivity index (χ0v) is 43.3. The first-order valence-electron chi connectivity index (χ1n) is 26.8. The number of methoxy groups -OCH3 is 1. The lowest BCUT2D eigenvalue weighted by Gasteiger charge is -2.36. The van der Waals surface area contributed by atoms with Crippen molar-refractivity contribution < 1.29 is 27.2 Å². The minimum Gasteiger partial charge on any atom is -0.480 e. The number of hydrogen-bond donors (Lipinski definition) is 2. The van der Waals surface area contributed by atoms with E-state index in [9.17, 15) is 8.42 Å². The van der Waals surface area contributed by atoms with Gasteiger partial charge < -0.3 is 29.1 Å². The van der Waals surface area contributed by atoms with Crippen molar-refractivity contribution in [2.45, 2.75) is 142 Å². The Morgan fingerprint density at radius 1 is 0.735 bits per heavy atom. The molecular formula is C52H86FN10O4S+. The molecule has 0 amide bonds. The lowest BCUT2D eigenvalue weighted by molar-refractivity contribution is -0.903. The van der Waals surface area contributed by atoms with Crippen LogP contribution in [0.1, 0.15) is 123 Å². The number of rotatable bonds is 11. The van der Waals surface area contributed by atoms with Crippen molar-refractivity contribution in [2.24, 2.45) is 0 Å². The van der Waals surface area contributed by atoms with Crippen LogP contribution in [0, 0.1) is 5.82 Å². The Morgan fingerprint density at radius 2 is 1.29 bits per heavy atom.